The number of rotatable bonds is 2. The van der Waals surface area contributed by atoms with Gasteiger partial charge in [-0.25, -0.2) is 0 Å². The number of nitrogens with zero attached hydrogens (tertiary/aromatic N) is 2. The zero-order chi connectivity index (χ0) is 12.1. The van der Waals surface area contributed by atoms with Crippen molar-refractivity contribution in [1.29, 1.82) is 10.5 Å². The SMILES string of the molecule is CNC(=O)c1cc(C#N)c(CBr)c(C#N)c1. The van der Waals surface area contributed by atoms with E-state index in [4.69, 9.17) is 10.5 Å². The maximum atomic E-state index is 11.4. The Kier molecular flexibility index (Phi) is 4.04. The average Bonchev–Trinajstić information content (AvgIpc) is 2.35. The average molecular weight is 278 g/mol. The van der Waals surface area contributed by atoms with Gasteiger partial charge in [0.05, 0.1) is 23.3 Å². The third kappa shape index (κ3) is 2.21. The van der Waals surface area contributed by atoms with Crippen LogP contribution in [0.5, 0.6) is 0 Å². The number of amides is 1. The lowest BCUT2D eigenvalue weighted by Gasteiger charge is -2.06. The van der Waals surface area contributed by atoms with E-state index in [0.717, 1.165) is 0 Å². The van der Waals surface area contributed by atoms with Gasteiger partial charge < -0.3 is 5.32 Å². The van der Waals surface area contributed by atoms with E-state index in [1.54, 1.807) is 0 Å². The van der Waals surface area contributed by atoms with Gasteiger partial charge in [0.15, 0.2) is 0 Å². The minimum absolute atomic E-state index is 0.311. The number of benzene rings is 1. The molecule has 0 aliphatic carbocycles. The van der Waals surface area contributed by atoms with Gasteiger partial charge in [-0.05, 0) is 17.7 Å². The highest BCUT2D eigenvalue weighted by Gasteiger charge is 2.13. The first-order valence-electron chi connectivity index (χ1n) is 4.43. The monoisotopic (exact) mass is 277 g/mol. The summed E-state index contributed by atoms with van der Waals surface area (Å²) in [5.41, 5.74) is 1.61. The molecular formula is C11H8BrN3O. The minimum Gasteiger partial charge on any atom is -0.355 e. The maximum Gasteiger partial charge on any atom is 0.251 e. The molecule has 0 heterocycles. The van der Waals surface area contributed by atoms with Gasteiger partial charge in [0.25, 0.3) is 5.91 Å². The van der Waals surface area contributed by atoms with E-state index in [2.05, 4.69) is 21.2 Å². The smallest absolute Gasteiger partial charge is 0.251 e. The van der Waals surface area contributed by atoms with E-state index < -0.39 is 0 Å². The van der Waals surface area contributed by atoms with Crippen LogP contribution in [0.25, 0.3) is 0 Å². The Morgan fingerprint density at radius 1 is 1.38 bits per heavy atom. The molecular weight excluding hydrogens is 270 g/mol. The summed E-state index contributed by atoms with van der Waals surface area (Å²) in [6.45, 7) is 0. The van der Waals surface area contributed by atoms with Crippen molar-refractivity contribution in [2.24, 2.45) is 0 Å². The Balaban J connectivity index is 3.46. The van der Waals surface area contributed by atoms with Gasteiger partial charge in [-0.1, -0.05) is 15.9 Å². The van der Waals surface area contributed by atoms with E-state index in [-0.39, 0.29) is 5.91 Å². The number of carbonyl (C=O) groups excluding carboxylic acids is 1. The first kappa shape index (κ1) is 12.2. The molecule has 0 saturated heterocycles. The van der Waals surface area contributed by atoms with Crippen molar-refractivity contribution < 1.29 is 4.79 Å². The van der Waals surface area contributed by atoms with Crippen LogP contribution < -0.4 is 5.32 Å². The van der Waals surface area contributed by atoms with Crippen molar-refractivity contribution in [2.75, 3.05) is 7.05 Å². The Bertz CT molecular complexity index is 476. The van der Waals surface area contributed by atoms with Crippen molar-refractivity contribution in [1.82, 2.24) is 5.32 Å². The van der Waals surface area contributed by atoms with Crippen LogP contribution in [0.1, 0.15) is 27.0 Å². The molecule has 0 radical (unpaired) electrons. The number of halogens is 1. The van der Waals surface area contributed by atoms with Gasteiger partial charge in [-0.15, -0.1) is 0 Å². The topological polar surface area (TPSA) is 76.7 Å². The Hall–Kier alpha value is -1.85. The Morgan fingerprint density at radius 3 is 2.19 bits per heavy atom. The molecule has 0 bridgehead atoms. The van der Waals surface area contributed by atoms with Gasteiger partial charge >= 0.3 is 0 Å². The quantitative estimate of drug-likeness (QED) is 0.836. The second kappa shape index (κ2) is 5.29. The summed E-state index contributed by atoms with van der Waals surface area (Å²) < 4.78 is 0. The highest BCUT2D eigenvalue weighted by atomic mass is 79.9. The van der Waals surface area contributed by atoms with Crippen LogP contribution in [0.3, 0.4) is 0 Å². The summed E-state index contributed by atoms with van der Waals surface area (Å²) in [5.74, 6) is -0.311. The lowest BCUT2D eigenvalue weighted by molar-refractivity contribution is 0.0963. The van der Waals surface area contributed by atoms with Crippen molar-refractivity contribution in [3.63, 3.8) is 0 Å². The number of hydrogen-bond donors (Lipinski definition) is 1. The fourth-order valence-corrected chi connectivity index (χ4v) is 1.90. The minimum atomic E-state index is -0.311. The van der Waals surface area contributed by atoms with Crippen LogP contribution in [0, 0.1) is 22.7 Å². The van der Waals surface area contributed by atoms with E-state index >= 15 is 0 Å². The molecule has 0 spiro atoms. The normalized spacial score (nSPS) is 9.00. The van der Waals surface area contributed by atoms with Gasteiger partial charge in [0.1, 0.15) is 0 Å². The summed E-state index contributed by atoms with van der Waals surface area (Å²) in [5, 5.41) is 20.7. The predicted molar refractivity (Wildman–Crippen MR) is 61.9 cm³/mol. The van der Waals surface area contributed by atoms with Crippen molar-refractivity contribution >= 4 is 21.8 Å². The zero-order valence-corrected chi connectivity index (χ0v) is 10.1. The summed E-state index contributed by atoms with van der Waals surface area (Å²) >= 11 is 3.22. The van der Waals surface area contributed by atoms with Crippen LogP contribution in [0.15, 0.2) is 12.1 Å². The summed E-state index contributed by atoms with van der Waals surface area (Å²) in [7, 11) is 1.50. The molecule has 0 aliphatic heterocycles. The molecule has 1 amide bonds. The summed E-state index contributed by atoms with van der Waals surface area (Å²) in [6.07, 6.45) is 0. The molecule has 4 nitrogen and oxygen atoms in total. The zero-order valence-electron chi connectivity index (χ0n) is 8.54. The standard InChI is InChI=1S/C11H8BrN3O/c1-15-11(16)7-2-8(5-13)10(4-12)9(3-7)6-14/h2-3H,4H2,1H3,(H,15,16). The Morgan fingerprint density at radius 2 is 1.88 bits per heavy atom. The molecule has 1 rings (SSSR count). The van der Waals surface area contributed by atoms with Crippen LogP contribution >= 0.6 is 15.9 Å². The third-order valence-corrected chi connectivity index (χ3v) is 2.67. The molecule has 5 heteroatoms. The van der Waals surface area contributed by atoms with E-state index in [1.165, 1.54) is 19.2 Å². The lowest BCUT2D eigenvalue weighted by atomic mass is 10.00. The van der Waals surface area contributed by atoms with Gasteiger partial charge in [-0.3, -0.25) is 4.79 Å². The fraction of sp³-hybridized carbons (Fsp3) is 0.182. The summed E-state index contributed by atoms with van der Waals surface area (Å²) in [6, 6.07) is 6.92. The molecule has 1 N–H and O–H groups in total. The van der Waals surface area contributed by atoms with Crippen molar-refractivity contribution in [2.45, 2.75) is 5.33 Å². The predicted octanol–water partition coefficient (Wildman–Crippen LogP) is 1.68. The van der Waals surface area contributed by atoms with Crippen LogP contribution in [-0.4, -0.2) is 13.0 Å². The van der Waals surface area contributed by atoms with Crippen LogP contribution in [0.4, 0.5) is 0 Å². The molecule has 0 atom stereocenters. The number of alkyl halides is 1. The van der Waals surface area contributed by atoms with E-state index in [0.29, 0.717) is 27.6 Å². The first-order valence-corrected chi connectivity index (χ1v) is 5.55. The molecule has 16 heavy (non-hydrogen) atoms. The molecule has 0 fully saturated rings. The molecule has 0 aromatic heterocycles. The third-order valence-electron chi connectivity index (χ3n) is 2.11. The fourth-order valence-electron chi connectivity index (χ4n) is 1.29. The Labute approximate surface area is 102 Å². The van der Waals surface area contributed by atoms with E-state index in [9.17, 15) is 4.79 Å². The number of carbonyl (C=O) groups is 1. The van der Waals surface area contributed by atoms with Crippen LogP contribution in [0.2, 0.25) is 0 Å². The van der Waals surface area contributed by atoms with Gasteiger partial charge in [0.2, 0.25) is 0 Å². The highest BCUT2D eigenvalue weighted by Crippen LogP contribution is 2.19. The van der Waals surface area contributed by atoms with Crippen LogP contribution in [-0.2, 0) is 5.33 Å². The number of nitrogens with one attached hydrogen (secondary N) is 1. The molecule has 0 aliphatic rings. The maximum absolute atomic E-state index is 11.4. The molecule has 0 saturated carbocycles. The summed E-state index contributed by atoms with van der Waals surface area (Å²) in [4.78, 5) is 11.4. The first-order chi connectivity index (χ1) is 7.67. The highest BCUT2D eigenvalue weighted by molar-refractivity contribution is 9.08. The molecule has 0 unspecified atom stereocenters. The molecule has 1 aromatic carbocycles. The van der Waals surface area contributed by atoms with Gasteiger partial charge in [0, 0.05) is 17.9 Å². The van der Waals surface area contributed by atoms with Crippen molar-refractivity contribution in [3.8, 4) is 12.1 Å². The molecule has 80 valence electrons. The van der Waals surface area contributed by atoms with Crippen molar-refractivity contribution in [3.05, 3.63) is 34.4 Å². The number of nitriles is 2. The second-order valence-corrected chi connectivity index (χ2v) is 3.55. The lowest BCUT2D eigenvalue weighted by Crippen LogP contribution is -2.18. The second-order valence-electron chi connectivity index (χ2n) is 2.99. The van der Waals surface area contributed by atoms with Gasteiger partial charge in [-0.2, -0.15) is 10.5 Å². The van der Waals surface area contributed by atoms with E-state index in [1.807, 2.05) is 12.1 Å². The largest absolute Gasteiger partial charge is 0.355 e. The number of hydrogen-bond acceptors (Lipinski definition) is 3. The molecule has 1 aromatic rings.